The van der Waals surface area contributed by atoms with Crippen LogP contribution in [0.3, 0.4) is 0 Å². The van der Waals surface area contributed by atoms with Crippen molar-refractivity contribution in [2.75, 3.05) is 14.2 Å². The number of rotatable bonds is 1. The van der Waals surface area contributed by atoms with Gasteiger partial charge in [0.25, 0.3) is 0 Å². The van der Waals surface area contributed by atoms with Gasteiger partial charge in [0.1, 0.15) is 12.1 Å². The molecule has 1 rings (SSSR count). The van der Waals surface area contributed by atoms with Gasteiger partial charge in [0.15, 0.2) is 0 Å². The summed E-state index contributed by atoms with van der Waals surface area (Å²) in [6.45, 7) is 1.66. The lowest BCUT2D eigenvalue weighted by atomic mass is 10.1. The van der Waals surface area contributed by atoms with Gasteiger partial charge in [-0.05, 0) is 18.6 Å². The van der Waals surface area contributed by atoms with Crippen LogP contribution < -0.4 is 0 Å². The summed E-state index contributed by atoms with van der Waals surface area (Å²) in [6, 6.07) is 4.40. The summed E-state index contributed by atoms with van der Waals surface area (Å²) in [6.07, 6.45) is 0.628. The Hall–Kier alpha value is -1.22. The molecule has 0 spiro atoms. The number of carbonyl (C=O) groups excluding carboxylic acids is 1. The minimum Gasteiger partial charge on any atom is -0.388 e. The quantitative estimate of drug-likeness (QED) is 0.625. The van der Waals surface area contributed by atoms with E-state index in [0.29, 0.717) is 17.4 Å². The molecule has 0 heterocycles. The maximum absolute atomic E-state index is 12.6. The summed E-state index contributed by atoms with van der Waals surface area (Å²) in [5.41, 5.74) is 0.939. The molecule has 0 fully saturated rings. The number of hydrogen-bond acceptors (Lipinski definition) is 2. The third-order valence-electron chi connectivity index (χ3n) is 1.33. The number of halogens is 1. The normalized spacial score (nSPS) is 8.62. The molecule has 72 valence electrons. The van der Waals surface area contributed by atoms with Gasteiger partial charge in [-0.15, -0.1) is 0 Å². The van der Waals surface area contributed by atoms with Crippen molar-refractivity contribution < 1.29 is 13.9 Å². The maximum Gasteiger partial charge on any atom is 0.150 e. The smallest absolute Gasteiger partial charge is 0.150 e. The number of aryl methyl sites for hydroxylation is 1. The number of ether oxygens (including phenoxy) is 1. The molecular formula is C10H13FO2. The molecule has 0 aliphatic rings. The Morgan fingerprint density at radius 3 is 2.31 bits per heavy atom. The number of hydrogen-bond donors (Lipinski definition) is 0. The topological polar surface area (TPSA) is 26.3 Å². The molecule has 0 bridgehead atoms. The highest BCUT2D eigenvalue weighted by Gasteiger charge is 1.96. The monoisotopic (exact) mass is 184 g/mol. The van der Waals surface area contributed by atoms with E-state index in [9.17, 15) is 9.18 Å². The number of aldehydes is 1. The molecule has 13 heavy (non-hydrogen) atoms. The van der Waals surface area contributed by atoms with Crippen molar-refractivity contribution in [3.63, 3.8) is 0 Å². The summed E-state index contributed by atoms with van der Waals surface area (Å²) in [7, 11) is 3.25. The second kappa shape index (κ2) is 6.31. The first-order valence-electron chi connectivity index (χ1n) is 3.77. The van der Waals surface area contributed by atoms with Gasteiger partial charge in [0, 0.05) is 19.8 Å². The Balaban J connectivity index is 0.000000424. The van der Waals surface area contributed by atoms with Gasteiger partial charge >= 0.3 is 0 Å². The van der Waals surface area contributed by atoms with Crippen molar-refractivity contribution in [1.29, 1.82) is 0 Å². The lowest BCUT2D eigenvalue weighted by molar-refractivity contribution is 0.112. The van der Waals surface area contributed by atoms with Gasteiger partial charge in [0.2, 0.25) is 0 Å². The summed E-state index contributed by atoms with van der Waals surface area (Å²) in [5.74, 6) is -0.329. The van der Waals surface area contributed by atoms with Gasteiger partial charge in [-0.25, -0.2) is 4.39 Å². The Bertz CT molecular complexity index is 272. The zero-order valence-corrected chi connectivity index (χ0v) is 8.00. The van der Waals surface area contributed by atoms with Crippen molar-refractivity contribution in [1.82, 2.24) is 0 Å². The number of benzene rings is 1. The molecule has 0 radical (unpaired) electrons. The predicted molar refractivity (Wildman–Crippen MR) is 49.5 cm³/mol. The van der Waals surface area contributed by atoms with E-state index in [1.807, 2.05) is 0 Å². The van der Waals surface area contributed by atoms with E-state index in [1.54, 1.807) is 33.3 Å². The molecule has 3 heteroatoms. The van der Waals surface area contributed by atoms with Crippen LogP contribution in [0.2, 0.25) is 0 Å². The van der Waals surface area contributed by atoms with Crippen molar-refractivity contribution in [2.24, 2.45) is 0 Å². The molecule has 0 N–H and O–H groups in total. The molecule has 0 aliphatic heterocycles. The zero-order chi connectivity index (χ0) is 10.3. The molecule has 0 saturated carbocycles. The Morgan fingerprint density at radius 2 is 1.92 bits per heavy atom. The van der Waals surface area contributed by atoms with Crippen LogP contribution in [0.4, 0.5) is 4.39 Å². The van der Waals surface area contributed by atoms with Crippen molar-refractivity contribution in [3.05, 3.63) is 35.1 Å². The average Bonchev–Trinajstić information content (AvgIpc) is 2.11. The standard InChI is InChI=1S/C8H7FO.C2H6O/c1-6-2-3-7(5-10)4-8(6)9;1-3-2/h2-5H,1H3;1-2H3. The van der Waals surface area contributed by atoms with E-state index < -0.39 is 0 Å². The van der Waals surface area contributed by atoms with Gasteiger partial charge in [0.05, 0.1) is 0 Å². The Labute approximate surface area is 77.3 Å². The molecule has 1 aromatic carbocycles. The maximum atomic E-state index is 12.6. The van der Waals surface area contributed by atoms with Gasteiger partial charge < -0.3 is 4.74 Å². The van der Waals surface area contributed by atoms with Gasteiger partial charge in [-0.1, -0.05) is 12.1 Å². The summed E-state index contributed by atoms with van der Waals surface area (Å²) in [4.78, 5) is 10.1. The first-order chi connectivity index (χ1) is 6.15. The molecular weight excluding hydrogens is 171 g/mol. The van der Waals surface area contributed by atoms with Gasteiger partial charge in [-0.2, -0.15) is 0 Å². The van der Waals surface area contributed by atoms with E-state index in [4.69, 9.17) is 0 Å². The van der Waals surface area contributed by atoms with Crippen LogP contribution in [0.5, 0.6) is 0 Å². The summed E-state index contributed by atoms with van der Waals surface area (Å²) < 4.78 is 16.9. The van der Waals surface area contributed by atoms with Crippen LogP contribution in [0, 0.1) is 12.7 Å². The molecule has 0 atom stereocenters. The third-order valence-corrected chi connectivity index (χ3v) is 1.33. The fourth-order valence-electron chi connectivity index (χ4n) is 0.682. The average molecular weight is 184 g/mol. The van der Waals surface area contributed by atoms with Crippen LogP contribution in [-0.4, -0.2) is 20.5 Å². The molecule has 1 aromatic rings. The van der Waals surface area contributed by atoms with E-state index in [0.717, 1.165) is 0 Å². The van der Waals surface area contributed by atoms with Crippen LogP contribution in [0.25, 0.3) is 0 Å². The first kappa shape index (κ1) is 11.8. The number of carbonyl (C=O) groups is 1. The van der Waals surface area contributed by atoms with Crippen LogP contribution in [0.1, 0.15) is 15.9 Å². The van der Waals surface area contributed by atoms with Crippen molar-refractivity contribution in [3.8, 4) is 0 Å². The fraction of sp³-hybridized carbons (Fsp3) is 0.300. The SMILES string of the molecule is COC.Cc1ccc(C=O)cc1F. The number of methoxy groups -OCH3 is 1. The highest BCUT2D eigenvalue weighted by atomic mass is 19.1. The Morgan fingerprint density at radius 1 is 1.38 bits per heavy atom. The minimum absolute atomic E-state index is 0.329. The van der Waals surface area contributed by atoms with Gasteiger partial charge in [-0.3, -0.25) is 4.79 Å². The summed E-state index contributed by atoms with van der Waals surface area (Å²) >= 11 is 0. The molecule has 2 nitrogen and oxygen atoms in total. The molecule has 0 amide bonds. The minimum atomic E-state index is -0.329. The molecule has 0 aliphatic carbocycles. The van der Waals surface area contributed by atoms with E-state index in [1.165, 1.54) is 6.07 Å². The second-order valence-electron chi connectivity index (χ2n) is 2.53. The first-order valence-corrected chi connectivity index (χ1v) is 3.77. The van der Waals surface area contributed by atoms with Crippen LogP contribution >= 0.6 is 0 Å². The van der Waals surface area contributed by atoms with E-state index in [2.05, 4.69) is 4.74 Å². The van der Waals surface area contributed by atoms with Crippen molar-refractivity contribution >= 4 is 6.29 Å². The molecule has 0 aromatic heterocycles. The lowest BCUT2D eigenvalue weighted by Gasteiger charge is -1.94. The molecule has 0 unspecified atom stereocenters. The highest BCUT2D eigenvalue weighted by Crippen LogP contribution is 2.06. The lowest BCUT2D eigenvalue weighted by Crippen LogP contribution is -1.85. The Kier molecular flexibility index (Phi) is 5.72. The van der Waals surface area contributed by atoms with Crippen LogP contribution in [0.15, 0.2) is 18.2 Å². The summed E-state index contributed by atoms with van der Waals surface area (Å²) in [5, 5.41) is 0. The fourth-order valence-corrected chi connectivity index (χ4v) is 0.682. The highest BCUT2D eigenvalue weighted by molar-refractivity contribution is 5.74. The molecule has 0 saturated heterocycles. The zero-order valence-electron chi connectivity index (χ0n) is 8.00. The van der Waals surface area contributed by atoms with Crippen LogP contribution in [-0.2, 0) is 4.74 Å². The second-order valence-corrected chi connectivity index (χ2v) is 2.53. The van der Waals surface area contributed by atoms with E-state index in [-0.39, 0.29) is 5.82 Å². The van der Waals surface area contributed by atoms with Crippen molar-refractivity contribution in [2.45, 2.75) is 6.92 Å². The third kappa shape index (κ3) is 4.38. The largest absolute Gasteiger partial charge is 0.388 e. The predicted octanol–water partition coefficient (Wildman–Crippen LogP) is 2.21. The van der Waals surface area contributed by atoms with E-state index >= 15 is 0 Å².